The highest BCUT2D eigenvalue weighted by Crippen LogP contribution is 2.24. The van der Waals surface area contributed by atoms with Crippen LogP contribution in [0.2, 0.25) is 0 Å². The van der Waals surface area contributed by atoms with Gasteiger partial charge in [0.2, 0.25) is 0 Å². The minimum absolute atomic E-state index is 0.00799. The first-order chi connectivity index (χ1) is 17.0. The fraction of sp³-hybridized carbons (Fsp3) is 0.345. The Hall–Kier alpha value is -3.25. The predicted molar refractivity (Wildman–Crippen MR) is 137 cm³/mol. The van der Waals surface area contributed by atoms with E-state index in [9.17, 15) is 13.6 Å². The molecule has 35 heavy (non-hydrogen) atoms. The Bertz CT molecular complexity index is 1110. The highest BCUT2D eigenvalue weighted by Gasteiger charge is 2.28. The molecule has 3 aromatic rings. The van der Waals surface area contributed by atoms with Gasteiger partial charge in [-0.2, -0.15) is 0 Å². The number of anilines is 1. The molecule has 184 valence electrons. The molecular weight excluding hydrogens is 444 g/mol. The minimum atomic E-state index is -0.763. The summed E-state index contributed by atoms with van der Waals surface area (Å²) in [4.78, 5) is 17.3. The van der Waals surface area contributed by atoms with Crippen LogP contribution in [0.25, 0.3) is 11.1 Å². The molecule has 1 fully saturated rings. The van der Waals surface area contributed by atoms with E-state index in [1.165, 1.54) is 22.8 Å². The maximum absolute atomic E-state index is 14.1. The van der Waals surface area contributed by atoms with E-state index in [0.29, 0.717) is 6.54 Å². The van der Waals surface area contributed by atoms with Gasteiger partial charge in [0.25, 0.3) is 0 Å². The number of amides is 2. The van der Waals surface area contributed by atoms with E-state index in [-0.39, 0.29) is 17.8 Å². The smallest absolute Gasteiger partial charge is 0.321 e. The van der Waals surface area contributed by atoms with Crippen LogP contribution >= 0.6 is 0 Å². The lowest BCUT2D eigenvalue weighted by Gasteiger charge is -2.38. The van der Waals surface area contributed by atoms with Crippen molar-refractivity contribution in [1.29, 1.82) is 0 Å². The number of hydrogen-bond acceptors (Lipinski definition) is 2. The van der Waals surface area contributed by atoms with E-state index in [2.05, 4.69) is 65.7 Å². The van der Waals surface area contributed by atoms with E-state index >= 15 is 0 Å². The number of likely N-dealkylation sites (tertiary alicyclic amines) is 1. The zero-order valence-corrected chi connectivity index (χ0v) is 20.2. The lowest BCUT2D eigenvalue weighted by molar-refractivity contribution is 0.122. The summed E-state index contributed by atoms with van der Waals surface area (Å²) < 4.78 is 27.3. The summed E-state index contributed by atoms with van der Waals surface area (Å²) in [6, 6.07) is 22.0. The fourth-order valence-corrected chi connectivity index (χ4v) is 4.68. The van der Waals surface area contributed by atoms with Gasteiger partial charge >= 0.3 is 6.03 Å². The van der Waals surface area contributed by atoms with Gasteiger partial charge in [0.15, 0.2) is 0 Å². The van der Waals surface area contributed by atoms with Crippen molar-refractivity contribution < 1.29 is 13.6 Å². The van der Waals surface area contributed by atoms with Gasteiger partial charge in [0.05, 0.1) is 5.69 Å². The zero-order valence-electron chi connectivity index (χ0n) is 20.2. The first-order valence-electron chi connectivity index (χ1n) is 12.4. The molecule has 0 atom stereocenters. The van der Waals surface area contributed by atoms with Gasteiger partial charge in [-0.1, -0.05) is 61.9 Å². The SMILES string of the molecule is CCCCN(C(=O)Nc1ccc(F)cc1F)C1CCN(Cc2cccc(-c3ccccc3)c2)CC1. The van der Waals surface area contributed by atoms with Crippen LogP contribution in [-0.2, 0) is 6.54 Å². The number of unbranched alkanes of at least 4 members (excludes halogenated alkanes) is 1. The number of nitrogens with one attached hydrogen (secondary N) is 1. The molecule has 0 aromatic heterocycles. The molecule has 1 aliphatic heterocycles. The lowest BCUT2D eigenvalue weighted by atomic mass is 10.0. The molecule has 0 unspecified atom stereocenters. The quantitative estimate of drug-likeness (QED) is 0.382. The number of piperidine rings is 1. The molecule has 1 heterocycles. The lowest BCUT2D eigenvalue weighted by Crippen LogP contribution is -2.49. The summed E-state index contributed by atoms with van der Waals surface area (Å²) in [7, 11) is 0. The average molecular weight is 478 g/mol. The summed E-state index contributed by atoms with van der Waals surface area (Å²) in [5, 5.41) is 2.65. The van der Waals surface area contributed by atoms with Gasteiger partial charge in [-0.15, -0.1) is 0 Å². The first-order valence-corrected chi connectivity index (χ1v) is 12.4. The number of halogens is 2. The average Bonchev–Trinajstić information content (AvgIpc) is 2.87. The number of benzene rings is 3. The topological polar surface area (TPSA) is 35.6 Å². The van der Waals surface area contributed by atoms with Crippen LogP contribution in [0.4, 0.5) is 19.3 Å². The highest BCUT2D eigenvalue weighted by molar-refractivity contribution is 5.89. The molecule has 4 rings (SSSR count). The summed E-state index contributed by atoms with van der Waals surface area (Å²) in [6.07, 6.45) is 3.57. The number of urea groups is 1. The molecule has 6 heteroatoms. The second-order valence-corrected chi connectivity index (χ2v) is 9.17. The Balaban J connectivity index is 1.36. The summed E-state index contributed by atoms with van der Waals surface area (Å²) in [5.41, 5.74) is 3.71. The second-order valence-electron chi connectivity index (χ2n) is 9.17. The summed E-state index contributed by atoms with van der Waals surface area (Å²) >= 11 is 0. The van der Waals surface area contributed by atoms with Gasteiger partial charge in [-0.05, 0) is 54.2 Å². The zero-order chi connectivity index (χ0) is 24.6. The van der Waals surface area contributed by atoms with Crippen molar-refractivity contribution in [2.24, 2.45) is 0 Å². The van der Waals surface area contributed by atoms with Gasteiger partial charge < -0.3 is 10.2 Å². The summed E-state index contributed by atoms with van der Waals surface area (Å²) in [5.74, 6) is -1.42. The number of rotatable bonds is 8. The van der Waals surface area contributed by atoms with Gasteiger partial charge in [-0.25, -0.2) is 13.6 Å². The van der Waals surface area contributed by atoms with E-state index in [1.54, 1.807) is 0 Å². The van der Waals surface area contributed by atoms with E-state index in [1.807, 2.05) is 11.0 Å². The number of hydrogen-bond donors (Lipinski definition) is 1. The monoisotopic (exact) mass is 477 g/mol. The Morgan fingerprint density at radius 2 is 1.71 bits per heavy atom. The number of carbonyl (C=O) groups is 1. The van der Waals surface area contributed by atoms with Gasteiger partial charge in [-0.3, -0.25) is 4.90 Å². The van der Waals surface area contributed by atoms with Crippen molar-refractivity contribution in [2.75, 3.05) is 25.0 Å². The summed E-state index contributed by atoms with van der Waals surface area (Å²) in [6.45, 7) is 5.36. The Kier molecular flexibility index (Phi) is 8.48. The van der Waals surface area contributed by atoms with Crippen molar-refractivity contribution in [3.8, 4) is 11.1 Å². The molecule has 0 bridgehead atoms. The van der Waals surface area contributed by atoms with Crippen LogP contribution in [0.5, 0.6) is 0 Å². The molecule has 0 saturated carbocycles. The van der Waals surface area contributed by atoms with Crippen LogP contribution in [-0.4, -0.2) is 41.5 Å². The molecule has 3 aromatic carbocycles. The standard InChI is InChI=1S/C29H33F2N3O/c1-2-3-16-34(29(35)32-28-13-12-25(30)20-27(28)31)26-14-17-33(18-15-26)21-22-8-7-11-24(19-22)23-9-5-4-6-10-23/h4-13,19-20,26H,2-3,14-18,21H2,1H3,(H,32,35). The van der Waals surface area contributed by atoms with E-state index in [0.717, 1.165) is 57.5 Å². The molecule has 0 spiro atoms. The molecule has 2 amide bonds. The molecule has 1 N–H and O–H groups in total. The van der Waals surface area contributed by atoms with Crippen molar-refractivity contribution >= 4 is 11.7 Å². The third-order valence-electron chi connectivity index (χ3n) is 6.62. The van der Waals surface area contributed by atoms with Crippen LogP contribution in [0.15, 0.2) is 72.8 Å². The highest BCUT2D eigenvalue weighted by atomic mass is 19.1. The number of carbonyl (C=O) groups excluding carboxylic acids is 1. The third kappa shape index (κ3) is 6.67. The predicted octanol–water partition coefficient (Wildman–Crippen LogP) is 6.93. The van der Waals surface area contributed by atoms with Crippen LogP contribution in [0.3, 0.4) is 0 Å². The molecule has 0 radical (unpaired) electrons. The minimum Gasteiger partial charge on any atom is -0.321 e. The molecular formula is C29H33F2N3O. The van der Waals surface area contributed by atoms with E-state index in [4.69, 9.17) is 0 Å². The second kappa shape index (κ2) is 11.9. The molecule has 0 aliphatic carbocycles. The Morgan fingerprint density at radius 1 is 0.971 bits per heavy atom. The van der Waals surface area contributed by atoms with Crippen molar-refractivity contribution in [3.05, 3.63) is 90.0 Å². The van der Waals surface area contributed by atoms with Gasteiger partial charge in [0.1, 0.15) is 11.6 Å². The largest absolute Gasteiger partial charge is 0.322 e. The maximum atomic E-state index is 14.1. The third-order valence-corrected chi connectivity index (χ3v) is 6.62. The normalized spacial score (nSPS) is 14.6. The van der Waals surface area contributed by atoms with Crippen LogP contribution in [0, 0.1) is 11.6 Å². The fourth-order valence-electron chi connectivity index (χ4n) is 4.68. The van der Waals surface area contributed by atoms with E-state index < -0.39 is 11.6 Å². The van der Waals surface area contributed by atoms with Crippen molar-refractivity contribution in [1.82, 2.24) is 9.80 Å². The van der Waals surface area contributed by atoms with Crippen molar-refractivity contribution in [3.63, 3.8) is 0 Å². The first kappa shape index (κ1) is 24.9. The Labute approximate surface area is 206 Å². The van der Waals surface area contributed by atoms with Crippen LogP contribution < -0.4 is 5.32 Å². The van der Waals surface area contributed by atoms with Crippen molar-refractivity contribution in [2.45, 2.75) is 45.2 Å². The van der Waals surface area contributed by atoms with Gasteiger partial charge in [0, 0.05) is 38.3 Å². The molecule has 1 aliphatic rings. The van der Waals surface area contributed by atoms with Crippen LogP contribution in [0.1, 0.15) is 38.2 Å². The maximum Gasteiger partial charge on any atom is 0.322 e. The number of nitrogens with zero attached hydrogens (tertiary/aromatic N) is 2. The Morgan fingerprint density at radius 3 is 2.43 bits per heavy atom. The molecule has 1 saturated heterocycles. The molecule has 4 nitrogen and oxygen atoms in total.